The van der Waals surface area contributed by atoms with Crippen LogP contribution in [0.3, 0.4) is 0 Å². The lowest BCUT2D eigenvalue weighted by Crippen LogP contribution is -2.70. The normalized spacial score (nSPS) is 19.7. The SMILES string of the molecule is CC(=O)NC(O)(C1=NC(C)(C)CO1)[C@H](Cc1ccccc1)N1C(=O)[C@@H](C(C)C)N(C(=O)c2ccccn2)C=C1c1ccccc1. The van der Waals surface area contributed by atoms with Crippen molar-refractivity contribution in [3.63, 3.8) is 0 Å². The highest BCUT2D eigenvalue weighted by atomic mass is 16.5. The molecule has 3 atom stereocenters. The fourth-order valence-corrected chi connectivity index (χ4v) is 5.80. The Morgan fingerprint density at radius 2 is 1.69 bits per heavy atom. The summed E-state index contributed by atoms with van der Waals surface area (Å²) in [5.41, 5.74) is -0.908. The van der Waals surface area contributed by atoms with Crippen LogP contribution in [0, 0.1) is 5.92 Å². The summed E-state index contributed by atoms with van der Waals surface area (Å²) < 4.78 is 5.97. The zero-order chi connectivity index (χ0) is 32.4. The summed E-state index contributed by atoms with van der Waals surface area (Å²) in [4.78, 5) is 53.5. The standard InChI is InChI=1S/C35H39N5O5/c1-23(2)30-32(43)40(28(26-16-10-7-11-17-26)21-39(30)31(42)27-18-12-13-19-36-27)29(20-25-14-8-6-9-15-25)35(44,37-24(3)41)33-38-34(4,5)22-45-33/h6-19,21,23,29-30,44H,20,22H2,1-5H3,(H,37,41)/t29-,30+,35?/m0/s1. The van der Waals surface area contributed by atoms with Crippen LogP contribution in [0.2, 0.25) is 0 Å². The maximum absolute atomic E-state index is 15.0. The number of hydrogen-bond acceptors (Lipinski definition) is 7. The van der Waals surface area contributed by atoms with Crippen LogP contribution in [-0.4, -0.2) is 73.5 Å². The molecule has 3 heterocycles. The highest BCUT2D eigenvalue weighted by Crippen LogP contribution is 2.37. The molecule has 2 aliphatic heterocycles. The van der Waals surface area contributed by atoms with Gasteiger partial charge >= 0.3 is 0 Å². The monoisotopic (exact) mass is 609 g/mol. The summed E-state index contributed by atoms with van der Waals surface area (Å²) in [6, 6.07) is 21.5. The van der Waals surface area contributed by atoms with E-state index in [0.717, 1.165) is 5.56 Å². The smallest absolute Gasteiger partial charge is 0.277 e. The highest BCUT2D eigenvalue weighted by Gasteiger charge is 2.55. The minimum absolute atomic E-state index is 0.0862. The maximum Gasteiger partial charge on any atom is 0.277 e. The summed E-state index contributed by atoms with van der Waals surface area (Å²) in [5, 5.41) is 15.3. The average Bonchev–Trinajstić information content (AvgIpc) is 3.40. The third-order valence-electron chi connectivity index (χ3n) is 7.86. The number of amides is 3. The van der Waals surface area contributed by atoms with Crippen LogP contribution in [0.5, 0.6) is 0 Å². The number of aliphatic hydroxyl groups is 1. The van der Waals surface area contributed by atoms with Gasteiger partial charge in [-0.15, -0.1) is 0 Å². The molecule has 234 valence electrons. The molecule has 0 radical (unpaired) electrons. The first-order valence-corrected chi connectivity index (χ1v) is 15.0. The fraction of sp³-hybridized carbons (Fsp3) is 0.343. The van der Waals surface area contributed by atoms with Gasteiger partial charge in [0.05, 0.1) is 17.3 Å². The number of aromatic nitrogens is 1. The number of aliphatic imine (C=N–C) groups is 1. The van der Waals surface area contributed by atoms with Gasteiger partial charge in [-0.1, -0.05) is 80.6 Å². The second-order valence-electron chi connectivity index (χ2n) is 12.4. The van der Waals surface area contributed by atoms with Crippen LogP contribution in [0.15, 0.2) is 96.3 Å². The van der Waals surface area contributed by atoms with Gasteiger partial charge in [0.2, 0.25) is 17.5 Å². The molecule has 3 amide bonds. The van der Waals surface area contributed by atoms with E-state index in [9.17, 15) is 19.5 Å². The van der Waals surface area contributed by atoms with Crippen molar-refractivity contribution < 1.29 is 24.2 Å². The maximum atomic E-state index is 15.0. The predicted molar refractivity (Wildman–Crippen MR) is 170 cm³/mol. The summed E-state index contributed by atoms with van der Waals surface area (Å²) in [7, 11) is 0. The molecular weight excluding hydrogens is 570 g/mol. The van der Waals surface area contributed by atoms with Crippen LogP contribution in [0.25, 0.3) is 5.70 Å². The molecular formula is C35H39N5O5. The Kier molecular flexibility index (Phi) is 8.88. The van der Waals surface area contributed by atoms with Crippen LogP contribution < -0.4 is 5.32 Å². The Morgan fingerprint density at radius 3 is 2.24 bits per heavy atom. The Labute approximate surface area is 263 Å². The third-order valence-corrected chi connectivity index (χ3v) is 7.86. The number of nitrogens with one attached hydrogen (secondary N) is 1. The molecule has 2 N–H and O–H groups in total. The molecule has 5 rings (SSSR count). The molecule has 0 bridgehead atoms. The van der Waals surface area contributed by atoms with E-state index >= 15 is 0 Å². The Balaban J connectivity index is 1.77. The van der Waals surface area contributed by atoms with Gasteiger partial charge < -0.3 is 15.2 Å². The Hall–Kier alpha value is -4.83. The van der Waals surface area contributed by atoms with Crippen molar-refractivity contribution >= 4 is 29.3 Å². The summed E-state index contributed by atoms with van der Waals surface area (Å²) in [6.07, 6.45) is 3.30. The number of pyridine rings is 1. The lowest BCUT2D eigenvalue weighted by Gasteiger charge is -2.48. The minimum Gasteiger partial charge on any atom is -0.475 e. The number of hydrogen-bond donors (Lipinski definition) is 2. The third kappa shape index (κ3) is 6.51. The molecule has 0 aliphatic carbocycles. The zero-order valence-electron chi connectivity index (χ0n) is 26.2. The van der Waals surface area contributed by atoms with Crippen LogP contribution >= 0.6 is 0 Å². The molecule has 0 saturated heterocycles. The first-order chi connectivity index (χ1) is 21.4. The first kappa shape index (κ1) is 31.6. The van der Waals surface area contributed by atoms with Crippen molar-refractivity contribution in [2.75, 3.05) is 6.61 Å². The van der Waals surface area contributed by atoms with E-state index in [2.05, 4.69) is 15.3 Å². The van der Waals surface area contributed by atoms with E-state index in [1.54, 1.807) is 24.4 Å². The molecule has 2 aromatic carbocycles. The van der Waals surface area contributed by atoms with Crippen molar-refractivity contribution in [3.8, 4) is 0 Å². The number of ether oxygens (including phenoxy) is 1. The second kappa shape index (κ2) is 12.6. The largest absolute Gasteiger partial charge is 0.475 e. The fourth-order valence-electron chi connectivity index (χ4n) is 5.80. The molecule has 2 aliphatic rings. The van der Waals surface area contributed by atoms with Crippen LogP contribution in [-0.2, 0) is 20.7 Å². The van der Waals surface area contributed by atoms with Crippen LogP contribution in [0.1, 0.15) is 56.2 Å². The molecule has 3 aromatic rings. The number of rotatable bonds is 9. The summed E-state index contributed by atoms with van der Waals surface area (Å²) in [6.45, 7) is 8.91. The molecule has 0 spiro atoms. The van der Waals surface area contributed by atoms with Gasteiger partial charge in [0.1, 0.15) is 18.3 Å². The van der Waals surface area contributed by atoms with E-state index in [4.69, 9.17) is 4.74 Å². The number of carbonyl (C=O) groups is 3. The van der Waals surface area contributed by atoms with Crippen molar-refractivity contribution in [1.29, 1.82) is 0 Å². The molecule has 0 saturated carbocycles. The molecule has 10 heteroatoms. The molecule has 0 fully saturated rings. The minimum atomic E-state index is -2.23. The van der Waals surface area contributed by atoms with E-state index in [1.165, 1.54) is 22.9 Å². The highest BCUT2D eigenvalue weighted by molar-refractivity contribution is 6.03. The summed E-state index contributed by atoms with van der Waals surface area (Å²) in [5.74, 6) is -1.81. The van der Waals surface area contributed by atoms with E-state index < -0.39 is 41.1 Å². The van der Waals surface area contributed by atoms with Crippen molar-refractivity contribution in [3.05, 3.63) is 108 Å². The van der Waals surface area contributed by atoms with E-state index in [0.29, 0.717) is 11.3 Å². The quantitative estimate of drug-likeness (QED) is 0.353. The average molecular weight is 610 g/mol. The van der Waals surface area contributed by atoms with Crippen molar-refractivity contribution in [1.82, 2.24) is 20.1 Å². The van der Waals surface area contributed by atoms with Gasteiger partial charge in [-0.3, -0.25) is 29.2 Å². The van der Waals surface area contributed by atoms with Gasteiger partial charge in [0.15, 0.2) is 0 Å². The number of carbonyl (C=O) groups excluding carboxylic acids is 3. The molecule has 1 aromatic heterocycles. The van der Waals surface area contributed by atoms with Gasteiger partial charge in [-0.25, -0.2) is 4.99 Å². The second-order valence-corrected chi connectivity index (χ2v) is 12.4. The van der Waals surface area contributed by atoms with Gasteiger partial charge in [-0.2, -0.15) is 0 Å². The Bertz CT molecular complexity index is 1610. The predicted octanol–water partition coefficient (Wildman–Crippen LogP) is 4.03. The van der Waals surface area contributed by atoms with E-state index in [-0.39, 0.29) is 30.5 Å². The Morgan fingerprint density at radius 1 is 1.04 bits per heavy atom. The lowest BCUT2D eigenvalue weighted by molar-refractivity contribution is -0.144. The molecule has 1 unspecified atom stereocenters. The molecule has 45 heavy (non-hydrogen) atoms. The molecule has 10 nitrogen and oxygen atoms in total. The first-order valence-electron chi connectivity index (χ1n) is 15.0. The number of benzene rings is 2. The van der Waals surface area contributed by atoms with Crippen LogP contribution in [0.4, 0.5) is 0 Å². The van der Waals surface area contributed by atoms with Crippen molar-refractivity contribution in [2.24, 2.45) is 10.9 Å². The van der Waals surface area contributed by atoms with Gasteiger partial charge in [0, 0.05) is 19.3 Å². The van der Waals surface area contributed by atoms with E-state index in [1.807, 2.05) is 88.4 Å². The zero-order valence-corrected chi connectivity index (χ0v) is 26.2. The topological polar surface area (TPSA) is 124 Å². The van der Waals surface area contributed by atoms with Gasteiger partial charge in [-0.05, 0) is 49.4 Å². The summed E-state index contributed by atoms with van der Waals surface area (Å²) >= 11 is 0. The number of nitrogens with zero attached hydrogens (tertiary/aromatic N) is 4. The lowest BCUT2D eigenvalue weighted by atomic mass is 9.88. The van der Waals surface area contributed by atoms with Gasteiger partial charge in [0.25, 0.3) is 11.8 Å². The van der Waals surface area contributed by atoms with Crippen molar-refractivity contribution in [2.45, 2.75) is 64.4 Å².